The van der Waals surface area contributed by atoms with Gasteiger partial charge < -0.3 is 10.6 Å². The van der Waals surface area contributed by atoms with Gasteiger partial charge in [0.15, 0.2) is 0 Å². The normalized spacial score (nSPS) is 19.8. The van der Waals surface area contributed by atoms with E-state index in [1.807, 2.05) is 25.1 Å². The molecule has 0 saturated carbocycles. The van der Waals surface area contributed by atoms with Gasteiger partial charge in [0.2, 0.25) is 0 Å². The van der Waals surface area contributed by atoms with E-state index in [9.17, 15) is 4.79 Å². The molecule has 1 saturated heterocycles. The van der Waals surface area contributed by atoms with Crippen molar-refractivity contribution in [2.75, 3.05) is 13.1 Å². The molecule has 1 amide bonds. The minimum absolute atomic E-state index is 0.000532. The van der Waals surface area contributed by atoms with Gasteiger partial charge in [0.25, 0.3) is 5.91 Å². The van der Waals surface area contributed by atoms with Crippen molar-refractivity contribution in [2.24, 2.45) is 0 Å². The lowest BCUT2D eigenvalue weighted by atomic mass is 10.1. The largest absolute Gasteiger partial charge is 0.348 e. The summed E-state index contributed by atoms with van der Waals surface area (Å²) in [6.07, 6.45) is 1.01. The van der Waals surface area contributed by atoms with E-state index in [2.05, 4.69) is 26.6 Å². The van der Waals surface area contributed by atoms with Crippen LogP contribution in [0.2, 0.25) is 0 Å². The summed E-state index contributed by atoms with van der Waals surface area (Å²) in [5.74, 6) is 0.000532. The molecule has 0 aromatic heterocycles. The standard InChI is InChI=1S/C12H15BrN2O/c1-8-2-3-10(11(13)6-8)12(16)15-9-4-5-14-7-9/h2-3,6,9,14H,4-5,7H2,1H3,(H,15,16). The summed E-state index contributed by atoms with van der Waals surface area (Å²) in [7, 11) is 0. The molecule has 1 aromatic rings. The molecule has 1 heterocycles. The van der Waals surface area contributed by atoms with Crippen LogP contribution in [-0.4, -0.2) is 25.0 Å². The molecule has 16 heavy (non-hydrogen) atoms. The Kier molecular flexibility index (Phi) is 3.61. The fourth-order valence-corrected chi connectivity index (χ4v) is 2.52. The number of rotatable bonds is 2. The fourth-order valence-electron chi connectivity index (χ4n) is 1.85. The molecule has 1 aromatic carbocycles. The Morgan fingerprint density at radius 3 is 3.00 bits per heavy atom. The van der Waals surface area contributed by atoms with Crippen LogP contribution in [0.4, 0.5) is 0 Å². The summed E-state index contributed by atoms with van der Waals surface area (Å²) in [4.78, 5) is 12.0. The molecule has 86 valence electrons. The monoisotopic (exact) mass is 282 g/mol. The van der Waals surface area contributed by atoms with Crippen molar-refractivity contribution in [3.8, 4) is 0 Å². The average molecular weight is 283 g/mol. The number of carbonyl (C=O) groups excluding carboxylic acids is 1. The van der Waals surface area contributed by atoms with Crippen molar-refractivity contribution in [1.82, 2.24) is 10.6 Å². The van der Waals surface area contributed by atoms with Crippen LogP contribution in [0.15, 0.2) is 22.7 Å². The van der Waals surface area contributed by atoms with E-state index in [0.29, 0.717) is 5.56 Å². The van der Waals surface area contributed by atoms with Crippen LogP contribution in [0.5, 0.6) is 0 Å². The first-order valence-electron chi connectivity index (χ1n) is 5.44. The Hall–Kier alpha value is -0.870. The number of carbonyl (C=O) groups is 1. The summed E-state index contributed by atoms with van der Waals surface area (Å²) >= 11 is 3.42. The summed E-state index contributed by atoms with van der Waals surface area (Å²) < 4.78 is 0.857. The molecular formula is C12H15BrN2O. The first-order chi connectivity index (χ1) is 7.66. The van der Waals surface area contributed by atoms with Gasteiger partial charge in [-0.15, -0.1) is 0 Å². The number of nitrogens with one attached hydrogen (secondary N) is 2. The zero-order chi connectivity index (χ0) is 11.5. The Bertz CT molecular complexity index is 400. The molecule has 0 spiro atoms. The maximum absolute atomic E-state index is 12.0. The van der Waals surface area contributed by atoms with E-state index in [1.165, 1.54) is 0 Å². The Morgan fingerprint density at radius 1 is 1.56 bits per heavy atom. The molecule has 1 aliphatic rings. The van der Waals surface area contributed by atoms with Crippen LogP contribution in [0.1, 0.15) is 22.3 Å². The number of amides is 1. The number of hydrogen-bond acceptors (Lipinski definition) is 2. The predicted molar refractivity (Wildman–Crippen MR) is 67.6 cm³/mol. The van der Waals surface area contributed by atoms with Crippen molar-refractivity contribution in [1.29, 1.82) is 0 Å². The maximum Gasteiger partial charge on any atom is 0.252 e. The molecule has 1 aliphatic heterocycles. The highest BCUT2D eigenvalue weighted by Crippen LogP contribution is 2.18. The highest BCUT2D eigenvalue weighted by Gasteiger charge is 2.18. The first kappa shape index (κ1) is 11.6. The van der Waals surface area contributed by atoms with Crippen molar-refractivity contribution >= 4 is 21.8 Å². The van der Waals surface area contributed by atoms with Crippen molar-refractivity contribution in [2.45, 2.75) is 19.4 Å². The molecule has 0 bridgehead atoms. The van der Waals surface area contributed by atoms with Gasteiger partial charge >= 0.3 is 0 Å². The van der Waals surface area contributed by atoms with E-state index in [4.69, 9.17) is 0 Å². The molecular weight excluding hydrogens is 268 g/mol. The fraction of sp³-hybridized carbons (Fsp3) is 0.417. The zero-order valence-electron chi connectivity index (χ0n) is 9.22. The third-order valence-corrected chi connectivity index (χ3v) is 3.42. The van der Waals surface area contributed by atoms with E-state index < -0.39 is 0 Å². The van der Waals surface area contributed by atoms with Crippen molar-refractivity contribution in [3.05, 3.63) is 33.8 Å². The number of benzene rings is 1. The maximum atomic E-state index is 12.0. The first-order valence-corrected chi connectivity index (χ1v) is 6.24. The van der Waals surface area contributed by atoms with Crippen LogP contribution in [-0.2, 0) is 0 Å². The number of hydrogen-bond donors (Lipinski definition) is 2. The molecule has 3 nitrogen and oxygen atoms in total. The second-order valence-corrected chi connectivity index (χ2v) is 5.00. The lowest BCUT2D eigenvalue weighted by Crippen LogP contribution is -2.36. The SMILES string of the molecule is Cc1ccc(C(=O)NC2CCNC2)c(Br)c1. The van der Waals surface area contributed by atoms with Crippen LogP contribution in [0.25, 0.3) is 0 Å². The highest BCUT2D eigenvalue weighted by molar-refractivity contribution is 9.10. The number of aryl methyl sites for hydroxylation is 1. The molecule has 0 aliphatic carbocycles. The van der Waals surface area contributed by atoms with Crippen LogP contribution in [0.3, 0.4) is 0 Å². The Labute approximate surface area is 104 Å². The van der Waals surface area contributed by atoms with Crippen molar-refractivity contribution in [3.63, 3.8) is 0 Å². The van der Waals surface area contributed by atoms with Gasteiger partial charge in [0.05, 0.1) is 5.56 Å². The predicted octanol–water partition coefficient (Wildman–Crippen LogP) is 1.85. The summed E-state index contributed by atoms with van der Waals surface area (Å²) in [5, 5.41) is 6.25. The minimum Gasteiger partial charge on any atom is -0.348 e. The van der Waals surface area contributed by atoms with Gasteiger partial charge in [0, 0.05) is 17.1 Å². The van der Waals surface area contributed by atoms with Gasteiger partial charge in [-0.05, 0) is 53.5 Å². The summed E-state index contributed by atoms with van der Waals surface area (Å²) in [5.41, 5.74) is 1.85. The topological polar surface area (TPSA) is 41.1 Å². The quantitative estimate of drug-likeness (QED) is 0.869. The third-order valence-electron chi connectivity index (χ3n) is 2.76. The van der Waals surface area contributed by atoms with Crippen LogP contribution >= 0.6 is 15.9 Å². The second kappa shape index (κ2) is 4.97. The molecule has 2 N–H and O–H groups in total. The molecule has 0 radical (unpaired) electrons. The average Bonchev–Trinajstić information content (AvgIpc) is 2.70. The van der Waals surface area contributed by atoms with E-state index in [0.717, 1.165) is 29.5 Å². The van der Waals surface area contributed by atoms with E-state index in [-0.39, 0.29) is 11.9 Å². The highest BCUT2D eigenvalue weighted by atomic mass is 79.9. The number of halogens is 1. The lowest BCUT2D eigenvalue weighted by molar-refractivity contribution is 0.0939. The third kappa shape index (κ3) is 2.62. The van der Waals surface area contributed by atoms with Crippen molar-refractivity contribution < 1.29 is 4.79 Å². The van der Waals surface area contributed by atoms with Gasteiger partial charge in [-0.3, -0.25) is 4.79 Å². The Morgan fingerprint density at radius 2 is 2.38 bits per heavy atom. The summed E-state index contributed by atoms with van der Waals surface area (Å²) in [6.45, 7) is 3.86. The molecule has 2 rings (SSSR count). The molecule has 1 unspecified atom stereocenters. The van der Waals surface area contributed by atoms with Gasteiger partial charge in [-0.25, -0.2) is 0 Å². The van der Waals surface area contributed by atoms with Crippen LogP contribution < -0.4 is 10.6 Å². The Balaban J connectivity index is 2.08. The smallest absolute Gasteiger partial charge is 0.252 e. The molecule has 4 heteroatoms. The lowest BCUT2D eigenvalue weighted by Gasteiger charge is -2.12. The molecule has 1 atom stereocenters. The second-order valence-electron chi connectivity index (χ2n) is 4.15. The van der Waals surface area contributed by atoms with Gasteiger partial charge in [0.1, 0.15) is 0 Å². The van der Waals surface area contributed by atoms with Gasteiger partial charge in [-0.2, -0.15) is 0 Å². The van der Waals surface area contributed by atoms with Gasteiger partial charge in [-0.1, -0.05) is 6.07 Å². The zero-order valence-corrected chi connectivity index (χ0v) is 10.8. The summed E-state index contributed by atoms with van der Waals surface area (Å²) in [6, 6.07) is 6.03. The van der Waals surface area contributed by atoms with E-state index >= 15 is 0 Å². The minimum atomic E-state index is 0.000532. The molecule has 1 fully saturated rings. The van der Waals surface area contributed by atoms with E-state index in [1.54, 1.807) is 0 Å². The van der Waals surface area contributed by atoms with Crippen LogP contribution in [0, 0.1) is 6.92 Å².